The van der Waals surface area contributed by atoms with Crippen molar-refractivity contribution in [2.45, 2.75) is 0 Å². The van der Waals surface area contributed by atoms with Crippen molar-refractivity contribution in [3.05, 3.63) is 52.5 Å². The van der Waals surface area contributed by atoms with Gasteiger partial charge in [0.15, 0.2) is 11.5 Å². The number of nitrogens with one attached hydrogen (secondary N) is 1. The zero-order valence-electron chi connectivity index (χ0n) is 11.6. The molecule has 0 heterocycles. The molecule has 0 saturated heterocycles. The number of benzene rings is 2. The van der Waals surface area contributed by atoms with Crippen LogP contribution in [0.4, 0.5) is 5.69 Å². The molecule has 0 saturated carbocycles. The van der Waals surface area contributed by atoms with Crippen LogP contribution in [0.15, 0.2) is 41.5 Å². The van der Waals surface area contributed by atoms with E-state index in [4.69, 9.17) is 21.4 Å². The molecule has 0 aliphatic heterocycles. The molecule has 0 atom stereocenters. The number of ether oxygens (including phenoxy) is 1. The second kappa shape index (κ2) is 6.82. The van der Waals surface area contributed by atoms with Gasteiger partial charge >= 0.3 is 5.97 Å². The molecular weight excluding hydrogens is 308 g/mol. The SMILES string of the molecule is COc1cc(/C=N\Nc2ccc(C(=O)O)cc2)cc(Cl)c1O. The second-order valence-corrected chi connectivity index (χ2v) is 4.71. The number of carbonyl (C=O) groups is 1. The van der Waals surface area contributed by atoms with E-state index in [1.165, 1.54) is 31.5 Å². The summed E-state index contributed by atoms with van der Waals surface area (Å²) in [6.45, 7) is 0. The molecule has 0 aliphatic carbocycles. The van der Waals surface area contributed by atoms with E-state index >= 15 is 0 Å². The Bertz CT molecular complexity index is 714. The fourth-order valence-electron chi connectivity index (χ4n) is 1.69. The van der Waals surface area contributed by atoms with Crippen LogP contribution in [0.1, 0.15) is 15.9 Å². The summed E-state index contributed by atoms with van der Waals surface area (Å²) in [5, 5.41) is 22.6. The third-order valence-corrected chi connectivity index (χ3v) is 3.10. The molecule has 22 heavy (non-hydrogen) atoms. The normalized spacial score (nSPS) is 10.6. The molecule has 0 radical (unpaired) electrons. The Morgan fingerprint density at radius 2 is 2.00 bits per heavy atom. The van der Waals surface area contributed by atoms with Crippen molar-refractivity contribution in [3.63, 3.8) is 0 Å². The molecule has 2 rings (SSSR count). The van der Waals surface area contributed by atoms with Crippen molar-refractivity contribution < 1.29 is 19.7 Å². The van der Waals surface area contributed by atoms with E-state index in [1.807, 2.05) is 0 Å². The summed E-state index contributed by atoms with van der Waals surface area (Å²) < 4.78 is 4.99. The Labute approximate surface area is 131 Å². The number of phenols is 1. The number of halogens is 1. The number of aromatic carboxylic acids is 1. The van der Waals surface area contributed by atoms with Gasteiger partial charge in [0.25, 0.3) is 0 Å². The van der Waals surface area contributed by atoms with Crippen LogP contribution in [-0.4, -0.2) is 29.5 Å². The van der Waals surface area contributed by atoms with Crippen LogP contribution in [0.3, 0.4) is 0 Å². The topological polar surface area (TPSA) is 91.2 Å². The molecule has 7 heteroatoms. The summed E-state index contributed by atoms with van der Waals surface area (Å²) in [4.78, 5) is 10.7. The van der Waals surface area contributed by atoms with Crippen molar-refractivity contribution in [2.75, 3.05) is 12.5 Å². The molecule has 0 fully saturated rings. The molecule has 114 valence electrons. The summed E-state index contributed by atoms with van der Waals surface area (Å²) in [7, 11) is 1.43. The first kappa shape index (κ1) is 15.7. The minimum atomic E-state index is -0.985. The molecule has 0 spiro atoms. The lowest BCUT2D eigenvalue weighted by Gasteiger charge is -2.06. The Kier molecular flexibility index (Phi) is 4.85. The highest BCUT2D eigenvalue weighted by molar-refractivity contribution is 6.32. The summed E-state index contributed by atoms with van der Waals surface area (Å²) in [5.74, 6) is -0.862. The van der Waals surface area contributed by atoms with E-state index in [1.54, 1.807) is 18.2 Å². The van der Waals surface area contributed by atoms with Crippen molar-refractivity contribution in [2.24, 2.45) is 5.10 Å². The first-order chi connectivity index (χ1) is 10.5. The number of aromatic hydroxyl groups is 1. The molecule has 6 nitrogen and oxygen atoms in total. The fourth-order valence-corrected chi connectivity index (χ4v) is 1.91. The molecule has 0 amide bonds. The third kappa shape index (κ3) is 3.67. The van der Waals surface area contributed by atoms with Crippen LogP contribution >= 0.6 is 11.6 Å². The van der Waals surface area contributed by atoms with E-state index < -0.39 is 5.97 Å². The molecule has 2 aromatic rings. The predicted molar refractivity (Wildman–Crippen MR) is 84.3 cm³/mol. The second-order valence-electron chi connectivity index (χ2n) is 4.31. The molecule has 0 bridgehead atoms. The van der Waals surface area contributed by atoms with Gasteiger partial charge in [-0.25, -0.2) is 4.79 Å². The molecular formula is C15H13ClN2O4. The van der Waals surface area contributed by atoms with Crippen molar-refractivity contribution in [3.8, 4) is 11.5 Å². The van der Waals surface area contributed by atoms with E-state index in [9.17, 15) is 9.90 Å². The Balaban J connectivity index is 2.09. The minimum Gasteiger partial charge on any atom is -0.503 e. The number of carboxylic acids is 1. The fraction of sp³-hybridized carbons (Fsp3) is 0.0667. The van der Waals surface area contributed by atoms with Gasteiger partial charge in [-0.3, -0.25) is 5.43 Å². The maximum atomic E-state index is 10.7. The lowest BCUT2D eigenvalue weighted by Crippen LogP contribution is -1.96. The predicted octanol–water partition coefficient (Wildman–Crippen LogP) is 3.20. The van der Waals surface area contributed by atoms with Crippen molar-refractivity contribution >= 4 is 29.5 Å². The zero-order chi connectivity index (χ0) is 16.1. The number of rotatable bonds is 5. The maximum absolute atomic E-state index is 10.7. The van der Waals surface area contributed by atoms with Gasteiger partial charge in [0.2, 0.25) is 0 Å². The molecule has 2 aromatic carbocycles. The van der Waals surface area contributed by atoms with Crippen molar-refractivity contribution in [1.29, 1.82) is 0 Å². The maximum Gasteiger partial charge on any atom is 0.335 e. The number of nitrogens with zero attached hydrogens (tertiary/aromatic N) is 1. The largest absolute Gasteiger partial charge is 0.503 e. The Morgan fingerprint density at radius 1 is 1.32 bits per heavy atom. The van der Waals surface area contributed by atoms with E-state index in [0.29, 0.717) is 11.3 Å². The summed E-state index contributed by atoms with van der Waals surface area (Å²) in [6, 6.07) is 9.27. The number of carboxylic acid groups (broad SMARTS) is 1. The van der Waals surface area contributed by atoms with Crippen LogP contribution < -0.4 is 10.2 Å². The average Bonchev–Trinajstić information content (AvgIpc) is 2.51. The lowest BCUT2D eigenvalue weighted by atomic mass is 10.2. The molecule has 3 N–H and O–H groups in total. The summed E-state index contributed by atoms with van der Waals surface area (Å²) in [6.07, 6.45) is 1.50. The van der Waals surface area contributed by atoms with Gasteiger partial charge in [0.1, 0.15) is 0 Å². The van der Waals surface area contributed by atoms with Gasteiger partial charge in [-0.05, 0) is 42.0 Å². The average molecular weight is 321 g/mol. The van der Waals surface area contributed by atoms with Crippen LogP contribution in [0, 0.1) is 0 Å². The van der Waals surface area contributed by atoms with Crippen LogP contribution in [0.25, 0.3) is 0 Å². The first-order valence-corrected chi connectivity index (χ1v) is 6.58. The quantitative estimate of drug-likeness (QED) is 0.581. The monoisotopic (exact) mass is 320 g/mol. The number of hydrogen-bond donors (Lipinski definition) is 3. The summed E-state index contributed by atoms with van der Waals surface area (Å²) in [5.41, 5.74) is 4.23. The summed E-state index contributed by atoms with van der Waals surface area (Å²) >= 11 is 5.87. The van der Waals surface area contributed by atoms with Crippen molar-refractivity contribution in [1.82, 2.24) is 0 Å². The highest BCUT2D eigenvalue weighted by Gasteiger charge is 2.07. The minimum absolute atomic E-state index is 0.126. The van der Waals surface area contributed by atoms with Crippen LogP contribution in [0.2, 0.25) is 5.02 Å². The Hall–Kier alpha value is -2.73. The molecule has 0 unspecified atom stereocenters. The number of methoxy groups -OCH3 is 1. The van der Waals surface area contributed by atoms with Crippen LogP contribution in [-0.2, 0) is 0 Å². The molecule has 0 aliphatic rings. The third-order valence-electron chi connectivity index (χ3n) is 2.81. The van der Waals surface area contributed by atoms with Gasteiger partial charge in [0.05, 0.1) is 29.6 Å². The number of anilines is 1. The number of hydrogen-bond acceptors (Lipinski definition) is 5. The standard InChI is InChI=1S/C15H13ClN2O4/c1-22-13-7-9(6-12(16)14(13)19)8-17-18-11-4-2-10(3-5-11)15(20)21/h2-8,18-19H,1H3,(H,20,21)/b17-8-. The van der Waals surface area contributed by atoms with Gasteiger partial charge < -0.3 is 14.9 Å². The van der Waals surface area contributed by atoms with Gasteiger partial charge in [0, 0.05) is 0 Å². The van der Waals surface area contributed by atoms with E-state index in [2.05, 4.69) is 10.5 Å². The van der Waals surface area contributed by atoms with E-state index in [-0.39, 0.29) is 22.1 Å². The Morgan fingerprint density at radius 3 is 2.59 bits per heavy atom. The number of hydrazone groups is 1. The van der Waals surface area contributed by atoms with Gasteiger partial charge in [-0.1, -0.05) is 11.6 Å². The molecule has 0 aromatic heterocycles. The van der Waals surface area contributed by atoms with Gasteiger partial charge in [-0.2, -0.15) is 5.10 Å². The highest BCUT2D eigenvalue weighted by Crippen LogP contribution is 2.34. The smallest absolute Gasteiger partial charge is 0.335 e. The van der Waals surface area contributed by atoms with Crippen LogP contribution in [0.5, 0.6) is 11.5 Å². The lowest BCUT2D eigenvalue weighted by molar-refractivity contribution is 0.0697. The van der Waals surface area contributed by atoms with E-state index in [0.717, 1.165) is 0 Å². The highest BCUT2D eigenvalue weighted by atomic mass is 35.5. The number of phenolic OH excluding ortho intramolecular Hbond substituents is 1. The van der Waals surface area contributed by atoms with Gasteiger partial charge in [-0.15, -0.1) is 0 Å². The first-order valence-electron chi connectivity index (χ1n) is 6.20. The zero-order valence-corrected chi connectivity index (χ0v) is 12.3.